The molecule has 2 aromatic rings. The third-order valence-corrected chi connectivity index (χ3v) is 5.80. The topological polar surface area (TPSA) is 59.0 Å². The van der Waals surface area contributed by atoms with Crippen LogP contribution in [0.3, 0.4) is 0 Å². The van der Waals surface area contributed by atoms with Crippen LogP contribution in [0, 0.1) is 11.3 Å². The molecule has 1 saturated carbocycles. The summed E-state index contributed by atoms with van der Waals surface area (Å²) in [5, 5.41) is 6.53. The fourth-order valence-corrected chi connectivity index (χ4v) is 4.29. The highest BCUT2D eigenvalue weighted by molar-refractivity contribution is 5.85. The number of halogens is 2. The van der Waals surface area contributed by atoms with Crippen LogP contribution in [0.5, 0.6) is 0 Å². The number of imidazole rings is 1. The van der Waals surface area contributed by atoms with Crippen LogP contribution in [0.4, 0.5) is 0 Å². The summed E-state index contributed by atoms with van der Waals surface area (Å²) in [7, 11) is 0. The number of nitrogens with one attached hydrogen (secondary N) is 2. The number of amides is 1. The molecule has 0 bridgehead atoms. The molecule has 1 aromatic heterocycles. The van der Waals surface area contributed by atoms with Gasteiger partial charge in [0.25, 0.3) is 0 Å². The Morgan fingerprint density at radius 1 is 1.31 bits per heavy atom. The number of nitrogens with zero attached hydrogens (tertiary/aromatic N) is 2. The van der Waals surface area contributed by atoms with Crippen molar-refractivity contribution in [3.63, 3.8) is 0 Å². The third kappa shape index (κ3) is 3.85. The first-order chi connectivity index (χ1) is 11.7. The van der Waals surface area contributed by atoms with Crippen LogP contribution in [0.25, 0.3) is 11.0 Å². The second kappa shape index (κ2) is 8.59. The van der Waals surface area contributed by atoms with E-state index in [1.54, 1.807) is 0 Å². The Labute approximate surface area is 167 Å². The SMILES string of the molecule is CCn1c(CCNC(=O)C2CC23CCNCC3)nc2ccccc21.Cl.Cl. The van der Waals surface area contributed by atoms with E-state index in [1.165, 1.54) is 5.52 Å². The second-order valence-electron chi connectivity index (χ2n) is 7.17. The van der Waals surface area contributed by atoms with Crippen LogP contribution in [0.1, 0.15) is 32.0 Å². The molecule has 4 rings (SSSR count). The summed E-state index contributed by atoms with van der Waals surface area (Å²) in [5.41, 5.74) is 2.53. The average molecular weight is 399 g/mol. The van der Waals surface area contributed by atoms with Gasteiger partial charge in [-0.05, 0) is 56.8 Å². The van der Waals surface area contributed by atoms with E-state index in [1.807, 2.05) is 12.1 Å². The van der Waals surface area contributed by atoms with Gasteiger partial charge < -0.3 is 15.2 Å². The van der Waals surface area contributed by atoms with Crippen LogP contribution in [-0.4, -0.2) is 35.1 Å². The highest BCUT2D eigenvalue weighted by atomic mass is 35.5. The zero-order valence-electron chi connectivity index (χ0n) is 15.2. The maximum atomic E-state index is 12.4. The summed E-state index contributed by atoms with van der Waals surface area (Å²) >= 11 is 0. The smallest absolute Gasteiger partial charge is 0.223 e. The van der Waals surface area contributed by atoms with Gasteiger partial charge in [-0.1, -0.05) is 12.1 Å². The number of fused-ring (bicyclic) bond motifs is 1. The number of hydrogen-bond donors (Lipinski definition) is 2. The van der Waals surface area contributed by atoms with E-state index < -0.39 is 0 Å². The van der Waals surface area contributed by atoms with Crippen molar-refractivity contribution in [2.45, 2.75) is 39.2 Å². The standard InChI is InChI=1S/C19H26N4O.2ClH/c1-2-23-16-6-4-3-5-15(16)22-17(23)7-10-21-18(24)14-13-19(14)8-11-20-12-9-19;;/h3-6,14,20H,2,7-13H2,1H3,(H,21,24);2*1H. The summed E-state index contributed by atoms with van der Waals surface area (Å²) in [6, 6.07) is 8.23. The Hall–Kier alpha value is -1.30. The molecule has 1 aliphatic heterocycles. The van der Waals surface area contributed by atoms with Crippen LogP contribution in [0.15, 0.2) is 24.3 Å². The van der Waals surface area contributed by atoms with Crippen molar-refractivity contribution in [3.8, 4) is 0 Å². The molecule has 7 heteroatoms. The molecule has 1 amide bonds. The molecule has 1 spiro atoms. The molecule has 0 radical (unpaired) electrons. The number of para-hydroxylation sites is 2. The summed E-state index contributed by atoms with van der Waals surface area (Å²) in [6.45, 7) is 5.84. The van der Waals surface area contributed by atoms with Gasteiger partial charge in [0, 0.05) is 25.4 Å². The van der Waals surface area contributed by atoms with Crippen molar-refractivity contribution < 1.29 is 4.79 Å². The molecule has 2 N–H and O–H groups in total. The van der Waals surface area contributed by atoms with Crippen molar-refractivity contribution in [1.29, 1.82) is 0 Å². The largest absolute Gasteiger partial charge is 0.355 e. The van der Waals surface area contributed by atoms with Gasteiger partial charge in [0.05, 0.1) is 11.0 Å². The van der Waals surface area contributed by atoms with Crippen LogP contribution in [0.2, 0.25) is 0 Å². The monoisotopic (exact) mass is 398 g/mol. The Morgan fingerprint density at radius 3 is 2.77 bits per heavy atom. The number of benzene rings is 1. The molecule has 1 unspecified atom stereocenters. The molecular weight excluding hydrogens is 371 g/mol. The lowest BCUT2D eigenvalue weighted by Crippen LogP contribution is -2.34. The lowest BCUT2D eigenvalue weighted by atomic mass is 9.92. The number of aromatic nitrogens is 2. The zero-order chi connectivity index (χ0) is 16.6. The zero-order valence-corrected chi connectivity index (χ0v) is 16.8. The van der Waals surface area contributed by atoms with E-state index in [0.717, 1.165) is 56.7 Å². The van der Waals surface area contributed by atoms with E-state index in [-0.39, 0.29) is 36.6 Å². The summed E-state index contributed by atoms with van der Waals surface area (Å²) < 4.78 is 2.24. The van der Waals surface area contributed by atoms with Crippen LogP contribution < -0.4 is 10.6 Å². The van der Waals surface area contributed by atoms with Crippen molar-refractivity contribution in [2.75, 3.05) is 19.6 Å². The van der Waals surface area contributed by atoms with Crippen molar-refractivity contribution in [1.82, 2.24) is 20.2 Å². The van der Waals surface area contributed by atoms with Crippen molar-refractivity contribution in [3.05, 3.63) is 30.1 Å². The molecule has 26 heavy (non-hydrogen) atoms. The van der Waals surface area contributed by atoms with Gasteiger partial charge in [-0.2, -0.15) is 0 Å². The molecule has 2 aliphatic rings. The van der Waals surface area contributed by atoms with E-state index in [2.05, 4.69) is 34.3 Å². The number of piperidine rings is 1. The maximum Gasteiger partial charge on any atom is 0.223 e. The minimum atomic E-state index is 0. The first-order valence-corrected chi connectivity index (χ1v) is 9.16. The predicted octanol–water partition coefficient (Wildman–Crippen LogP) is 2.95. The van der Waals surface area contributed by atoms with Gasteiger partial charge in [-0.3, -0.25) is 4.79 Å². The van der Waals surface area contributed by atoms with Crippen LogP contribution >= 0.6 is 24.8 Å². The van der Waals surface area contributed by atoms with E-state index >= 15 is 0 Å². The average Bonchev–Trinajstić information content (AvgIpc) is 3.17. The quantitative estimate of drug-likeness (QED) is 0.813. The maximum absolute atomic E-state index is 12.4. The highest BCUT2D eigenvalue weighted by Crippen LogP contribution is 2.58. The normalized spacial score (nSPS) is 20.3. The molecular formula is C19H28Cl2N4O. The first-order valence-electron chi connectivity index (χ1n) is 9.16. The number of carbonyl (C=O) groups excluding carboxylic acids is 1. The molecule has 1 aromatic carbocycles. The fourth-order valence-electron chi connectivity index (χ4n) is 4.29. The Balaban J connectivity index is 0.00000121. The first kappa shape index (κ1) is 21.0. The van der Waals surface area contributed by atoms with Crippen molar-refractivity contribution >= 4 is 41.8 Å². The van der Waals surface area contributed by atoms with E-state index in [9.17, 15) is 4.79 Å². The van der Waals surface area contributed by atoms with Gasteiger partial charge in [-0.15, -0.1) is 24.8 Å². The fraction of sp³-hybridized carbons (Fsp3) is 0.579. The Bertz CT molecular complexity index is 755. The Kier molecular flexibility index (Phi) is 6.94. The van der Waals surface area contributed by atoms with E-state index in [4.69, 9.17) is 4.98 Å². The molecule has 1 aliphatic carbocycles. The van der Waals surface area contributed by atoms with Gasteiger partial charge in [-0.25, -0.2) is 4.98 Å². The molecule has 5 nitrogen and oxygen atoms in total. The number of carbonyl (C=O) groups is 1. The van der Waals surface area contributed by atoms with Crippen molar-refractivity contribution in [2.24, 2.45) is 11.3 Å². The lowest BCUT2D eigenvalue weighted by molar-refractivity contribution is -0.123. The van der Waals surface area contributed by atoms with Gasteiger partial charge in [0.15, 0.2) is 0 Å². The van der Waals surface area contributed by atoms with Gasteiger partial charge in [0.1, 0.15) is 5.82 Å². The minimum Gasteiger partial charge on any atom is -0.355 e. The summed E-state index contributed by atoms with van der Waals surface area (Å²) in [6.07, 6.45) is 4.16. The molecule has 2 fully saturated rings. The van der Waals surface area contributed by atoms with Crippen LogP contribution in [-0.2, 0) is 17.8 Å². The number of aryl methyl sites for hydroxylation is 1. The van der Waals surface area contributed by atoms with Gasteiger partial charge in [0.2, 0.25) is 5.91 Å². The molecule has 1 atom stereocenters. The highest BCUT2D eigenvalue weighted by Gasteiger charge is 2.57. The Morgan fingerprint density at radius 2 is 2.04 bits per heavy atom. The number of hydrogen-bond acceptors (Lipinski definition) is 3. The molecule has 2 heterocycles. The third-order valence-electron chi connectivity index (χ3n) is 5.80. The number of rotatable bonds is 5. The minimum absolute atomic E-state index is 0. The second-order valence-corrected chi connectivity index (χ2v) is 7.17. The van der Waals surface area contributed by atoms with E-state index in [0.29, 0.717) is 12.0 Å². The molecule has 1 saturated heterocycles. The molecule has 144 valence electrons. The summed E-state index contributed by atoms with van der Waals surface area (Å²) in [4.78, 5) is 17.2. The van der Waals surface area contributed by atoms with Gasteiger partial charge >= 0.3 is 0 Å². The summed E-state index contributed by atoms with van der Waals surface area (Å²) in [5.74, 6) is 1.55. The lowest BCUT2D eigenvalue weighted by Gasteiger charge is -2.23. The predicted molar refractivity (Wildman–Crippen MR) is 109 cm³/mol.